The Bertz CT molecular complexity index is 458. The summed E-state index contributed by atoms with van der Waals surface area (Å²) >= 11 is 0. The second-order valence-corrected chi connectivity index (χ2v) is 5.16. The lowest BCUT2D eigenvalue weighted by molar-refractivity contribution is -0.126. The molecule has 0 aliphatic carbocycles. The van der Waals surface area contributed by atoms with Gasteiger partial charge in [-0.3, -0.25) is 9.59 Å². The predicted molar refractivity (Wildman–Crippen MR) is 76.9 cm³/mol. The number of carbonyl (C=O) groups is 2. The third kappa shape index (κ3) is 4.07. The Balaban J connectivity index is 1.95. The van der Waals surface area contributed by atoms with Crippen molar-refractivity contribution in [2.45, 2.75) is 31.7 Å². The minimum absolute atomic E-state index is 0.0809. The number of hydrogen-bond acceptors (Lipinski definition) is 4. The quantitative estimate of drug-likeness (QED) is 0.806. The van der Waals surface area contributed by atoms with E-state index in [0.29, 0.717) is 31.7 Å². The first-order chi connectivity index (χ1) is 10.2. The lowest BCUT2D eigenvalue weighted by Gasteiger charge is -2.34. The molecular formula is C15H22N2O4. The van der Waals surface area contributed by atoms with E-state index >= 15 is 0 Å². The number of ether oxygens (including phenoxy) is 1. The van der Waals surface area contributed by atoms with Crippen LogP contribution in [-0.4, -0.2) is 49.6 Å². The van der Waals surface area contributed by atoms with Crippen molar-refractivity contribution in [2.75, 3.05) is 26.8 Å². The molecule has 0 unspecified atom stereocenters. The Morgan fingerprint density at radius 2 is 2.33 bits per heavy atom. The number of piperidine rings is 1. The fraction of sp³-hybridized carbons (Fsp3) is 0.600. The maximum atomic E-state index is 12.4. The van der Waals surface area contributed by atoms with Gasteiger partial charge in [-0.25, -0.2) is 0 Å². The molecule has 1 fully saturated rings. The van der Waals surface area contributed by atoms with Crippen LogP contribution in [0.15, 0.2) is 23.0 Å². The van der Waals surface area contributed by atoms with Gasteiger partial charge in [0.15, 0.2) is 0 Å². The Labute approximate surface area is 124 Å². The van der Waals surface area contributed by atoms with Gasteiger partial charge < -0.3 is 19.4 Å². The van der Waals surface area contributed by atoms with E-state index in [1.165, 1.54) is 12.5 Å². The zero-order valence-electron chi connectivity index (χ0n) is 12.3. The van der Waals surface area contributed by atoms with Gasteiger partial charge in [0.05, 0.1) is 11.8 Å². The standard InChI is InChI=1S/C15H22N2O4/c1-20-9-4-7-16-14(18)13-5-2-3-8-17(13)15(19)12-6-10-21-11-12/h6,10-11,13H,2-5,7-9H2,1H3,(H,16,18)/t13-/m0/s1. The normalized spacial score (nSPS) is 18.5. The van der Waals surface area contributed by atoms with E-state index in [2.05, 4.69) is 5.32 Å². The molecule has 1 saturated heterocycles. The average molecular weight is 294 g/mol. The van der Waals surface area contributed by atoms with Crippen molar-refractivity contribution in [3.63, 3.8) is 0 Å². The summed E-state index contributed by atoms with van der Waals surface area (Å²) in [6.07, 6.45) is 6.26. The molecule has 0 radical (unpaired) electrons. The maximum absolute atomic E-state index is 12.4. The number of nitrogens with zero attached hydrogens (tertiary/aromatic N) is 1. The van der Waals surface area contributed by atoms with Gasteiger partial charge in [0.25, 0.3) is 5.91 Å². The summed E-state index contributed by atoms with van der Waals surface area (Å²) in [7, 11) is 1.63. The number of rotatable bonds is 6. The largest absolute Gasteiger partial charge is 0.472 e. The molecule has 21 heavy (non-hydrogen) atoms. The number of nitrogens with one attached hydrogen (secondary N) is 1. The van der Waals surface area contributed by atoms with Gasteiger partial charge in [-0.05, 0) is 31.7 Å². The fourth-order valence-electron chi connectivity index (χ4n) is 2.55. The van der Waals surface area contributed by atoms with E-state index in [0.717, 1.165) is 19.3 Å². The minimum atomic E-state index is -0.385. The fourth-order valence-corrected chi connectivity index (χ4v) is 2.55. The van der Waals surface area contributed by atoms with Crippen LogP contribution in [0.25, 0.3) is 0 Å². The molecule has 1 atom stereocenters. The molecule has 1 aromatic rings. The van der Waals surface area contributed by atoms with E-state index in [1.54, 1.807) is 18.1 Å². The van der Waals surface area contributed by atoms with Crippen molar-refractivity contribution in [2.24, 2.45) is 0 Å². The summed E-state index contributed by atoms with van der Waals surface area (Å²) in [5.74, 6) is -0.219. The summed E-state index contributed by atoms with van der Waals surface area (Å²) in [6.45, 7) is 1.79. The molecule has 0 saturated carbocycles. The van der Waals surface area contributed by atoms with Gasteiger partial charge >= 0.3 is 0 Å². The number of amides is 2. The molecule has 0 aromatic carbocycles. The molecule has 116 valence electrons. The van der Waals surface area contributed by atoms with Crippen LogP contribution >= 0.6 is 0 Å². The Morgan fingerprint density at radius 1 is 1.48 bits per heavy atom. The van der Waals surface area contributed by atoms with Crippen LogP contribution in [0.1, 0.15) is 36.0 Å². The van der Waals surface area contributed by atoms with Crippen molar-refractivity contribution in [3.05, 3.63) is 24.2 Å². The molecule has 6 heteroatoms. The third-order valence-electron chi connectivity index (χ3n) is 3.66. The highest BCUT2D eigenvalue weighted by molar-refractivity contribution is 5.97. The van der Waals surface area contributed by atoms with Crippen molar-refractivity contribution in [1.82, 2.24) is 10.2 Å². The summed E-state index contributed by atoms with van der Waals surface area (Å²) < 4.78 is 9.90. The van der Waals surface area contributed by atoms with Crippen molar-refractivity contribution < 1.29 is 18.7 Å². The van der Waals surface area contributed by atoms with Crippen LogP contribution in [0.5, 0.6) is 0 Å². The van der Waals surface area contributed by atoms with E-state index < -0.39 is 0 Å². The van der Waals surface area contributed by atoms with E-state index in [-0.39, 0.29) is 17.9 Å². The summed E-state index contributed by atoms with van der Waals surface area (Å²) in [5.41, 5.74) is 0.495. The first kappa shape index (κ1) is 15.6. The van der Waals surface area contributed by atoms with Gasteiger partial charge in [0.1, 0.15) is 12.3 Å². The third-order valence-corrected chi connectivity index (χ3v) is 3.66. The van der Waals surface area contributed by atoms with Crippen LogP contribution in [0.2, 0.25) is 0 Å². The van der Waals surface area contributed by atoms with Crippen LogP contribution in [0, 0.1) is 0 Å². The van der Waals surface area contributed by atoms with Crippen LogP contribution < -0.4 is 5.32 Å². The zero-order chi connectivity index (χ0) is 15.1. The average Bonchev–Trinajstić information content (AvgIpc) is 3.05. The van der Waals surface area contributed by atoms with Crippen LogP contribution in [0.3, 0.4) is 0 Å². The molecule has 2 heterocycles. The SMILES string of the molecule is COCCCNC(=O)[C@@H]1CCCCN1C(=O)c1ccoc1. The lowest BCUT2D eigenvalue weighted by atomic mass is 10.0. The summed E-state index contributed by atoms with van der Waals surface area (Å²) in [4.78, 5) is 26.3. The number of likely N-dealkylation sites (tertiary alicyclic amines) is 1. The molecule has 1 aliphatic heterocycles. The Hall–Kier alpha value is -1.82. The van der Waals surface area contributed by atoms with Gasteiger partial charge in [-0.2, -0.15) is 0 Å². The lowest BCUT2D eigenvalue weighted by Crippen LogP contribution is -2.52. The highest BCUT2D eigenvalue weighted by Gasteiger charge is 2.32. The van der Waals surface area contributed by atoms with Gasteiger partial charge in [0, 0.05) is 26.8 Å². The second-order valence-electron chi connectivity index (χ2n) is 5.16. The second kappa shape index (κ2) is 7.83. The van der Waals surface area contributed by atoms with Crippen molar-refractivity contribution >= 4 is 11.8 Å². The van der Waals surface area contributed by atoms with E-state index in [9.17, 15) is 9.59 Å². The number of carbonyl (C=O) groups excluding carboxylic acids is 2. The molecule has 1 aromatic heterocycles. The smallest absolute Gasteiger partial charge is 0.257 e. The van der Waals surface area contributed by atoms with Crippen molar-refractivity contribution in [3.8, 4) is 0 Å². The molecule has 6 nitrogen and oxygen atoms in total. The highest BCUT2D eigenvalue weighted by Crippen LogP contribution is 2.20. The molecular weight excluding hydrogens is 272 g/mol. The van der Waals surface area contributed by atoms with Gasteiger partial charge in [-0.1, -0.05) is 0 Å². The Morgan fingerprint density at radius 3 is 3.05 bits per heavy atom. The summed E-state index contributed by atoms with van der Waals surface area (Å²) in [5, 5.41) is 2.88. The summed E-state index contributed by atoms with van der Waals surface area (Å²) in [6, 6.07) is 1.24. The first-order valence-corrected chi connectivity index (χ1v) is 7.34. The van der Waals surface area contributed by atoms with E-state index in [4.69, 9.17) is 9.15 Å². The molecule has 2 amide bonds. The van der Waals surface area contributed by atoms with Crippen LogP contribution in [-0.2, 0) is 9.53 Å². The van der Waals surface area contributed by atoms with Gasteiger partial charge in [0.2, 0.25) is 5.91 Å². The maximum Gasteiger partial charge on any atom is 0.257 e. The highest BCUT2D eigenvalue weighted by atomic mass is 16.5. The monoisotopic (exact) mass is 294 g/mol. The molecule has 1 aliphatic rings. The molecule has 0 bridgehead atoms. The minimum Gasteiger partial charge on any atom is -0.472 e. The number of hydrogen-bond donors (Lipinski definition) is 1. The number of furan rings is 1. The first-order valence-electron chi connectivity index (χ1n) is 7.34. The Kier molecular flexibility index (Phi) is 5.80. The molecule has 1 N–H and O–H groups in total. The van der Waals surface area contributed by atoms with Crippen LogP contribution in [0.4, 0.5) is 0 Å². The zero-order valence-corrected chi connectivity index (χ0v) is 12.3. The molecule has 2 rings (SSSR count). The van der Waals surface area contributed by atoms with E-state index in [1.807, 2.05) is 0 Å². The number of methoxy groups -OCH3 is 1. The van der Waals surface area contributed by atoms with Crippen molar-refractivity contribution in [1.29, 1.82) is 0 Å². The predicted octanol–water partition coefficient (Wildman–Crippen LogP) is 1.43. The molecule has 0 spiro atoms. The van der Waals surface area contributed by atoms with Gasteiger partial charge in [-0.15, -0.1) is 0 Å². The topological polar surface area (TPSA) is 71.8 Å².